The second-order valence-electron chi connectivity index (χ2n) is 7.45. The highest BCUT2D eigenvalue weighted by Gasteiger charge is 2.26. The Morgan fingerprint density at radius 1 is 1.20 bits per heavy atom. The molecule has 9 nitrogen and oxygen atoms in total. The minimum atomic E-state index is -0.412. The zero-order valence-electron chi connectivity index (χ0n) is 17.2. The van der Waals surface area contributed by atoms with Crippen molar-refractivity contribution in [1.82, 2.24) is 20.4 Å². The van der Waals surface area contributed by atoms with Crippen LogP contribution >= 0.6 is 0 Å². The number of hydrogen-bond acceptors (Lipinski definition) is 7. The van der Waals surface area contributed by atoms with Crippen LogP contribution < -0.4 is 20.3 Å². The van der Waals surface area contributed by atoms with E-state index in [0.29, 0.717) is 12.1 Å². The molecule has 3 heterocycles. The Labute approximate surface area is 175 Å². The first-order chi connectivity index (χ1) is 14.6. The molecule has 1 fully saturated rings. The Morgan fingerprint density at radius 3 is 2.67 bits per heavy atom. The van der Waals surface area contributed by atoms with E-state index in [9.17, 15) is 9.59 Å². The van der Waals surface area contributed by atoms with Gasteiger partial charge in [-0.15, -0.1) is 10.2 Å². The van der Waals surface area contributed by atoms with Gasteiger partial charge >= 0.3 is 0 Å². The van der Waals surface area contributed by atoms with Crippen molar-refractivity contribution in [2.45, 2.75) is 26.0 Å². The molecule has 158 valence electrons. The summed E-state index contributed by atoms with van der Waals surface area (Å²) in [6.45, 7) is 6.17. The van der Waals surface area contributed by atoms with Crippen molar-refractivity contribution in [3.8, 4) is 5.75 Å². The molecule has 2 N–H and O–H groups in total. The van der Waals surface area contributed by atoms with Gasteiger partial charge in [0.2, 0.25) is 0 Å². The minimum Gasteiger partial charge on any atom is -0.478 e. The number of hydrogen-bond donors (Lipinski definition) is 2. The normalized spacial score (nSPS) is 18.9. The standard InChI is InChI=1S/C21H26N6O3/c1-3-17-21(29)23-16-12-14(4-6-18(16)30-17)13-26-8-10-27(11-9-26)19-7-5-15(24-25-19)20(28)22-2/h4-7,12,17H,3,8-11,13H2,1-2H3,(H,22,28)(H,23,29)/t17-/m0/s1. The molecule has 2 aromatic rings. The van der Waals surface area contributed by atoms with Gasteiger partial charge in [-0.2, -0.15) is 0 Å². The number of nitrogens with one attached hydrogen (secondary N) is 2. The van der Waals surface area contributed by atoms with E-state index >= 15 is 0 Å². The lowest BCUT2D eigenvalue weighted by atomic mass is 10.1. The van der Waals surface area contributed by atoms with Crippen LogP contribution in [0.15, 0.2) is 30.3 Å². The number of piperazine rings is 1. The summed E-state index contributed by atoms with van der Waals surface area (Å²) in [6.07, 6.45) is 0.237. The molecule has 0 unspecified atom stereocenters. The van der Waals surface area contributed by atoms with Gasteiger partial charge in [-0.05, 0) is 36.2 Å². The van der Waals surface area contributed by atoms with E-state index in [1.165, 1.54) is 0 Å². The summed E-state index contributed by atoms with van der Waals surface area (Å²) in [5.74, 6) is 1.19. The number of ether oxygens (including phenoxy) is 1. The maximum absolute atomic E-state index is 12.1. The number of fused-ring (bicyclic) bond motifs is 1. The molecular formula is C21H26N6O3. The van der Waals surface area contributed by atoms with Gasteiger partial charge < -0.3 is 20.3 Å². The molecule has 9 heteroatoms. The fraction of sp³-hybridized carbons (Fsp3) is 0.429. The number of nitrogens with zero attached hydrogens (tertiary/aromatic N) is 4. The van der Waals surface area contributed by atoms with E-state index in [-0.39, 0.29) is 11.8 Å². The van der Waals surface area contributed by atoms with Gasteiger partial charge in [-0.3, -0.25) is 14.5 Å². The van der Waals surface area contributed by atoms with Crippen LogP contribution in [-0.4, -0.2) is 66.2 Å². The van der Waals surface area contributed by atoms with Gasteiger partial charge in [-0.25, -0.2) is 0 Å². The first-order valence-electron chi connectivity index (χ1n) is 10.2. The third-order valence-corrected chi connectivity index (χ3v) is 5.45. The zero-order chi connectivity index (χ0) is 21.1. The largest absolute Gasteiger partial charge is 0.478 e. The van der Waals surface area contributed by atoms with Crippen LogP contribution in [0.1, 0.15) is 29.4 Å². The molecule has 2 aliphatic heterocycles. The molecule has 30 heavy (non-hydrogen) atoms. The Balaban J connectivity index is 1.34. The van der Waals surface area contributed by atoms with Gasteiger partial charge in [0, 0.05) is 39.8 Å². The molecule has 0 aliphatic carbocycles. The lowest BCUT2D eigenvalue weighted by molar-refractivity contribution is -0.123. The monoisotopic (exact) mass is 410 g/mol. The van der Waals surface area contributed by atoms with Crippen LogP contribution in [0.25, 0.3) is 0 Å². The first kappa shape index (κ1) is 20.1. The molecule has 1 atom stereocenters. The average Bonchev–Trinajstić information content (AvgIpc) is 2.78. The maximum atomic E-state index is 12.1. The van der Waals surface area contributed by atoms with Crippen LogP contribution in [0, 0.1) is 0 Å². The maximum Gasteiger partial charge on any atom is 0.271 e. The van der Waals surface area contributed by atoms with Crippen LogP contribution in [0.2, 0.25) is 0 Å². The van der Waals surface area contributed by atoms with E-state index in [1.807, 2.05) is 25.1 Å². The highest BCUT2D eigenvalue weighted by atomic mass is 16.5. The Kier molecular flexibility index (Phi) is 5.80. The van der Waals surface area contributed by atoms with E-state index in [2.05, 4.69) is 36.7 Å². The number of aromatic nitrogens is 2. The number of benzene rings is 1. The molecule has 0 spiro atoms. The number of rotatable bonds is 5. The van der Waals surface area contributed by atoms with E-state index < -0.39 is 6.10 Å². The summed E-state index contributed by atoms with van der Waals surface area (Å²) >= 11 is 0. The highest BCUT2D eigenvalue weighted by molar-refractivity contribution is 5.97. The van der Waals surface area contributed by atoms with E-state index in [0.717, 1.165) is 55.5 Å². The molecule has 2 aliphatic rings. The summed E-state index contributed by atoms with van der Waals surface area (Å²) in [5.41, 5.74) is 2.19. The van der Waals surface area contributed by atoms with Crippen molar-refractivity contribution in [2.24, 2.45) is 0 Å². The molecule has 0 bridgehead atoms. The Hall–Kier alpha value is -3.20. The fourth-order valence-electron chi connectivity index (χ4n) is 3.70. The summed E-state index contributed by atoms with van der Waals surface area (Å²) in [4.78, 5) is 28.2. The SMILES string of the molecule is CC[C@@H]1Oc2ccc(CN3CCN(c4ccc(C(=O)NC)nn4)CC3)cc2NC1=O. The van der Waals surface area contributed by atoms with Crippen molar-refractivity contribution in [2.75, 3.05) is 43.4 Å². The average molecular weight is 410 g/mol. The van der Waals surface area contributed by atoms with Crippen molar-refractivity contribution in [3.63, 3.8) is 0 Å². The predicted octanol–water partition coefficient (Wildman–Crippen LogP) is 1.27. The summed E-state index contributed by atoms with van der Waals surface area (Å²) < 4.78 is 5.76. The molecule has 1 aromatic carbocycles. The van der Waals surface area contributed by atoms with Crippen LogP contribution in [0.3, 0.4) is 0 Å². The van der Waals surface area contributed by atoms with Gasteiger partial charge in [0.15, 0.2) is 17.6 Å². The van der Waals surface area contributed by atoms with Gasteiger partial charge in [0.1, 0.15) is 5.75 Å². The van der Waals surface area contributed by atoms with Gasteiger partial charge in [-0.1, -0.05) is 13.0 Å². The molecular weight excluding hydrogens is 384 g/mol. The van der Waals surface area contributed by atoms with Crippen molar-refractivity contribution >= 4 is 23.3 Å². The van der Waals surface area contributed by atoms with E-state index in [1.54, 1.807) is 13.1 Å². The number of carbonyl (C=O) groups is 2. The number of anilines is 2. The third kappa shape index (κ3) is 4.20. The summed E-state index contributed by atoms with van der Waals surface area (Å²) in [6, 6.07) is 9.52. The van der Waals surface area contributed by atoms with Crippen LogP contribution in [0.5, 0.6) is 5.75 Å². The molecule has 4 rings (SSSR count). The van der Waals surface area contributed by atoms with E-state index in [4.69, 9.17) is 4.74 Å². The molecule has 0 radical (unpaired) electrons. The smallest absolute Gasteiger partial charge is 0.271 e. The second kappa shape index (κ2) is 8.66. The summed E-state index contributed by atoms with van der Waals surface area (Å²) in [5, 5.41) is 13.7. The van der Waals surface area contributed by atoms with Crippen molar-refractivity contribution < 1.29 is 14.3 Å². The van der Waals surface area contributed by atoms with Gasteiger partial charge in [0.05, 0.1) is 5.69 Å². The lowest BCUT2D eigenvalue weighted by Crippen LogP contribution is -2.46. The molecule has 1 saturated heterocycles. The number of carbonyl (C=O) groups excluding carboxylic acids is 2. The van der Waals surface area contributed by atoms with Crippen LogP contribution in [-0.2, 0) is 11.3 Å². The van der Waals surface area contributed by atoms with Crippen molar-refractivity contribution in [3.05, 3.63) is 41.6 Å². The molecule has 2 amide bonds. The van der Waals surface area contributed by atoms with Crippen LogP contribution in [0.4, 0.5) is 11.5 Å². The first-order valence-corrected chi connectivity index (χ1v) is 10.2. The highest BCUT2D eigenvalue weighted by Crippen LogP contribution is 2.31. The van der Waals surface area contributed by atoms with Crippen molar-refractivity contribution in [1.29, 1.82) is 0 Å². The Morgan fingerprint density at radius 2 is 2.00 bits per heavy atom. The Bertz CT molecular complexity index is 925. The quantitative estimate of drug-likeness (QED) is 0.766. The topological polar surface area (TPSA) is 99.7 Å². The minimum absolute atomic E-state index is 0.0840. The summed E-state index contributed by atoms with van der Waals surface area (Å²) in [7, 11) is 1.57. The molecule has 0 saturated carbocycles. The second-order valence-corrected chi connectivity index (χ2v) is 7.45. The lowest BCUT2D eigenvalue weighted by Gasteiger charge is -2.35. The number of amides is 2. The fourth-order valence-corrected chi connectivity index (χ4v) is 3.70. The third-order valence-electron chi connectivity index (χ3n) is 5.45. The zero-order valence-corrected chi connectivity index (χ0v) is 17.2. The van der Waals surface area contributed by atoms with Gasteiger partial charge in [0.25, 0.3) is 11.8 Å². The predicted molar refractivity (Wildman–Crippen MR) is 113 cm³/mol. The molecule has 1 aromatic heterocycles.